The fraction of sp³-hybridized carbons (Fsp3) is 0.647. The topological polar surface area (TPSA) is 55.8 Å². The largest absolute Gasteiger partial charge is 0.355 e. The van der Waals surface area contributed by atoms with Crippen LogP contribution in [0.4, 0.5) is 5.82 Å². The molecule has 6 heteroatoms. The number of nitrogens with one attached hydrogen (secondary N) is 2. The summed E-state index contributed by atoms with van der Waals surface area (Å²) in [5, 5.41) is 6.93. The van der Waals surface area contributed by atoms with Crippen LogP contribution in [0.3, 0.4) is 0 Å². The molecule has 128 valence electrons. The summed E-state index contributed by atoms with van der Waals surface area (Å²) in [6.07, 6.45) is 1.85. The van der Waals surface area contributed by atoms with E-state index in [1.807, 2.05) is 25.4 Å². The quantitative estimate of drug-likeness (QED) is 0.496. The first-order valence-corrected chi connectivity index (χ1v) is 8.36. The zero-order valence-electron chi connectivity index (χ0n) is 14.8. The molecule has 6 nitrogen and oxygen atoms in total. The number of pyridine rings is 1. The van der Waals surface area contributed by atoms with Crippen molar-refractivity contribution in [2.24, 2.45) is 4.99 Å². The summed E-state index contributed by atoms with van der Waals surface area (Å²) >= 11 is 0. The second-order valence-electron chi connectivity index (χ2n) is 6.81. The van der Waals surface area contributed by atoms with Crippen molar-refractivity contribution in [1.29, 1.82) is 0 Å². The number of hydrogen-bond donors (Lipinski definition) is 2. The lowest BCUT2D eigenvalue weighted by atomic mass is 10.1. The number of aromatic nitrogens is 1. The molecule has 0 unspecified atom stereocenters. The van der Waals surface area contributed by atoms with E-state index in [1.54, 1.807) is 0 Å². The standard InChI is InChI=1S/C17H30N6/c1-17(2,3)21-10-9-20-16(18-4)23-13-11-22(12-14-23)15-7-5-6-8-19-15/h5-8,21H,9-14H2,1-4H3,(H,18,20). The van der Waals surface area contributed by atoms with E-state index in [2.05, 4.69) is 57.2 Å². The van der Waals surface area contributed by atoms with Crippen molar-refractivity contribution in [3.8, 4) is 0 Å². The van der Waals surface area contributed by atoms with E-state index in [4.69, 9.17) is 0 Å². The average Bonchev–Trinajstić information content (AvgIpc) is 2.55. The van der Waals surface area contributed by atoms with Crippen LogP contribution >= 0.6 is 0 Å². The van der Waals surface area contributed by atoms with Gasteiger partial charge in [0.05, 0.1) is 0 Å². The number of rotatable bonds is 4. The molecule has 0 spiro atoms. The molecule has 1 aromatic rings. The van der Waals surface area contributed by atoms with Crippen molar-refractivity contribution in [3.05, 3.63) is 24.4 Å². The van der Waals surface area contributed by atoms with Crippen LogP contribution in [-0.2, 0) is 0 Å². The Balaban J connectivity index is 1.76. The minimum atomic E-state index is 0.152. The van der Waals surface area contributed by atoms with E-state index in [9.17, 15) is 0 Å². The van der Waals surface area contributed by atoms with Gasteiger partial charge in [-0.1, -0.05) is 6.07 Å². The van der Waals surface area contributed by atoms with E-state index in [0.29, 0.717) is 0 Å². The van der Waals surface area contributed by atoms with Gasteiger partial charge in [-0.2, -0.15) is 0 Å². The minimum Gasteiger partial charge on any atom is -0.355 e. The first-order valence-electron chi connectivity index (χ1n) is 8.36. The van der Waals surface area contributed by atoms with Crippen molar-refractivity contribution >= 4 is 11.8 Å². The molecule has 2 heterocycles. The number of nitrogens with zero attached hydrogens (tertiary/aromatic N) is 4. The molecule has 1 saturated heterocycles. The van der Waals surface area contributed by atoms with Crippen molar-refractivity contribution in [3.63, 3.8) is 0 Å². The molecule has 1 fully saturated rings. The molecular formula is C17H30N6. The fourth-order valence-corrected chi connectivity index (χ4v) is 2.63. The number of guanidine groups is 1. The summed E-state index contributed by atoms with van der Waals surface area (Å²) in [5.41, 5.74) is 0.152. The van der Waals surface area contributed by atoms with Crippen LogP contribution < -0.4 is 15.5 Å². The molecular weight excluding hydrogens is 288 g/mol. The van der Waals surface area contributed by atoms with E-state index in [-0.39, 0.29) is 5.54 Å². The zero-order valence-corrected chi connectivity index (χ0v) is 14.8. The van der Waals surface area contributed by atoms with Crippen LogP contribution in [0.1, 0.15) is 20.8 Å². The van der Waals surface area contributed by atoms with Gasteiger partial charge in [-0.15, -0.1) is 0 Å². The minimum absolute atomic E-state index is 0.152. The van der Waals surface area contributed by atoms with Crippen molar-refractivity contribution in [2.75, 3.05) is 51.2 Å². The predicted octanol–water partition coefficient (Wildman–Crippen LogP) is 1.17. The van der Waals surface area contributed by atoms with Crippen LogP contribution in [0.5, 0.6) is 0 Å². The highest BCUT2D eigenvalue weighted by Gasteiger charge is 2.20. The summed E-state index contributed by atoms with van der Waals surface area (Å²) in [4.78, 5) is 13.5. The lowest BCUT2D eigenvalue weighted by Gasteiger charge is -2.37. The SMILES string of the molecule is CN=C(NCCNC(C)(C)C)N1CCN(c2ccccn2)CC1. The summed E-state index contributed by atoms with van der Waals surface area (Å²) in [6, 6.07) is 6.06. The lowest BCUT2D eigenvalue weighted by Crippen LogP contribution is -2.53. The first-order chi connectivity index (χ1) is 11.0. The van der Waals surface area contributed by atoms with Gasteiger partial charge in [-0.05, 0) is 32.9 Å². The van der Waals surface area contributed by atoms with E-state index in [1.165, 1.54) is 0 Å². The molecule has 1 aliphatic rings. The monoisotopic (exact) mass is 318 g/mol. The number of aliphatic imine (C=N–C) groups is 1. The highest BCUT2D eigenvalue weighted by molar-refractivity contribution is 5.80. The Bertz CT molecular complexity index is 486. The van der Waals surface area contributed by atoms with Gasteiger partial charge >= 0.3 is 0 Å². The Morgan fingerprint density at radius 2 is 1.91 bits per heavy atom. The summed E-state index contributed by atoms with van der Waals surface area (Å²) in [7, 11) is 1.85. The van der Waals surface area contributed by atoms with Crippen molar-refractivity contribution < 1.29 is 0 Å². The van der Waals surface area contributed by atoms with Gasteiger partial charge in [0.2, 0.25) is 0 Å². The molecule has 23 heavy (non-hydrogen) atoms. The third-order valence-corrected chi connectivity index (χ3v) is 3.83. The van der Waals surface area contributed by atoms with Gasteiger partial charge < -0.3 is 20.4 Å². The van der Waals surface area contributed by atoms with Crippen LogP contribution in [0.2, 0.25) is 0 Å². The molecule has 0 aliphatic carbocycles. The molecule has 0 amide bonds. The smallest absolute Gasteiger partial charge is 0.193 e. The molecule has 0 bridgehead atoms. The number of piperazine rings is 1. The maximum absolute atomic E-state index is 4.43. The molecule has 1 aliphatic heterocycles. The summed E-state index contributed by atoms with van der Waals surface area (Å²) in [6.45, 7) is 12.2. The predicted molar refractivity (Wildman–Crippen MR) is 97.1 cm³/mol. The van der Waals surface area contributed by atoms with Crippen LogP contribution in [-0.4, -0.2) is 67.7 Å². The molecule has 1 aromatic heterocycles. The molecule has 2 N–H and O–H groups in total. The summed E-state index contributed by atoms with van der Waals surface area (Å²) < 4.78 is 0. The number of hydrogen-bond acceptors (Lipinski definition) is 4. The van der Waals surface area contributed by atoms with Crippen molar-refractivity contribution in [1.82, 2.24) is 20.5 Å². The van der Waals surface area contributed by atoms with Gasteiger partial charge in [-0.25, -0.2) is 4.98 Å². The van der Waals surface area contributed by atoms with Gasteiger partial charge in [0.1, 0.15) is 5.82 Å². The Hall–Kier alpha value is -1.82. The number of anilines is 1. The zero-order chi connectivity index (χ0) is 16.7. The van der Waals surface area contributed by atoms with Gasteiger partial charge in [0, 0.05) is 58.1 Å². The Morgan fingerprint density at radius 1 is 1.17 bits per heavy atom. The highest BCUT2D eigenvalue weighted by Crippen LogP contribution is 2.12. The highest BCUT2D eigenvalue weighted by atomic mass is 15.4. The third-order valence-electron chi connectivity index (χ3n) is 3.83. The van der Waals surface area contributed by atoms with Crippen LogP contribution in [0, 0.1) is 0 Å². The fourth-order valence-electron chi connectivity index (χ4n) is 2.63. The van der Waals surface area contributed by atoms with Crippen LogP contribution in [0.25, 0.3) is 0 Å². The Kier molecular flexibility index (Phi) is 6.21. The van der Waals surface area contributed by atoms with Gasteiger partial charge in [-0.3, -0.25) is 4.99 Å². The third kappa shape index (κ3) is 5.71. The second kappa shape index (κ2) is 8.15. The first kappa shape index (κ1) is 17.5. The summed E-state index contributed by atoms with van der Waals surface area (Å²) in [5.74, 6) is 2.05. The lowest BCUT2D eigenvalue weighted by molar-refractivity contribution is 0.368. The van der Waals surface area contributed by atoms with E-state index in [0.717, 1.165) is 51.0 Å². The normalized spacial score (nSPS) is 16.6. The second-order valence-corrected chi connectivity index (χ2v) is 6.81. The Morgan fingerprint density at radius 3 is 2.48 bits per heavy atom. The molecule has 0 saturated carbocycles. The molecule has 0 radical (unpaired) electrons. The molecule has 0 atom stereocenters. The van der Waals surface area contributed by atoms with Crippen LogP contribution in [0.15, 0.2) is 29.4 Å². The molecule has 0 aromatic carbocycles. The maximum Gasteiger partial charge on any atom is 0.193 e. The molecule has 2 rings (SSSR count). The maximum atomic E-state index is 4.43. The van der Waals surface area contributed by atoms with Gasteiger partial charge in [0.25, 0.3) is 0 Å². The van der Waals surface area contributed by atoms with Gasteiger partial charge in [0.15, 0.2) is 5.96 Å². The van der Waals surface area contributed by atoms with Crippen molar-refractivity contribution in [2.45, 2.75) is 26.3 Å². The van der Waals surface area contributed by atoms with E-state index < -0.39 is 0 Å². The van der Waals surface area contributed by atoms with E-state index >= 15 is 0 Å². The Labute approximate surface area is 140 Å². The average molecular weight is 318 g/mol.